The third-order valence-electron chi connectivity index (χ3n) is 10.8. The highest BCUT2D eigenvalue weighted by Crippen LogP contribution is 2.26. The first-order chi connectivity index (χ1) is 33.5. The van der Waals surface area contributed by atoms with E-state index in [0.717, 1.165) is 12.2 Å². The Labute approximate surface area is 431 Å². The molecule has 0 saturated carbocycles. The molecule has 4 aromatic heterocycles. The molecular formula is C42H63ClN16O10S3. The van der Waals surface area contributed by atoms with Gasteiger partial charge >= 0.3 is 0 Å². The van der Waals surface area contributed by atoms with Gasteiger partial charge in [-0.2, -0.15) is 0 Å². The molecule has 0 radical (unpaired) electrons. The number of amides is 7. The first-order valence-corrected chi connectivity index (χ1v) is 26.1. The molecule has 0 aromatic carbocycles. The van der Waals surface area contributed by atoms with Gasteiger partial charge in [0, 0.05) is 55.2 Å². The summed E-state index contributed by atoms with van der Waals surface area (Å²) in [6, 6.07) is -6.77. The number of thiazole rings is 2. The number of H-pyrrole nitrogens is 1. The summed E-state index contributed by atoms with van der Waals surface area (Å²) in [5, 5.41) is 53.5. The van der Waals surface area contributed by atoms with Gasteiger partial charge < -0.3 is 87.5 Å². The van der Waals surface area contributed by atoms with Crippen molar-refractivity contribution in [3.63, 3.8) is 0 Å². The number of hydrogen-bond acceptors (Lipinski definition) is 20. The molecule has 7 amide bonds. The summed E-state index contributed by atoms with van der Waals surface area (Å²) >= 11 is 2.62. The number of nitrogens with two attached hydrogens (primary N) is 4. The molecule has 0 saturated heterocycles. The van der Waals surface area contributed by atoms with Crippen molar-refractivity contribution >= 4 is 80.7 Å². The molecule has 0 bridgehead atoms. The number of nitrogens with one attached hydrogen (secondary N) is 7. The molecule has 9 atom stereocenters. The van der Waals surface area contributed by atoms with Crippen LogP contribution in [0.3, 0.4) is 0 Å². The molecule has 26 nitrogen and oxygen atoms in total. The van der Waals surface area contributed by atoms with E-state index in [2.05, 4.69) is 74.3 Å². The average molecular weight is 1080 g/mol. The molecule has 396 valence electrons. The van der Waals surface area contributed by atoms with E-state index in [9.17, 15) is 48.9 Å². The van der Waals surface area contributed by atoms with Crippen molar-refractivity contribution in [2.75, 3.05) is 43.6 Å². The van der Waals surface area contributed by atoms with E-state index in [1.165, 1.54) is 62.9 Å². The van der Waals surface area contributed by atoms with E-state index in [0.29, 0.717) is 45.3 Å². The summed E-state index contributed by atoms with van der Waals surface area (Å²) in [5.74, 6) is -6.24. The van der Waals surface area contributed by atoms with Crippen LogP contribution in [-0.2, 0) is 41.3 Å². The van der Waals surface area contributed by atoms with Crippen molar-refractivity contribution in [3.05, 3.63) is 56.8 Å². The number of nitrogens with zero attached hydrogens (tertiary/aromatic N) is 5. The molecule has 72 heavy (non-hydrogen) atoms. The Hall–Kier alpha value is -5.92. The first-order valence-electron chi connectivity index (χ1n) is 22.1. The first kappa shape index (κ1) is 60.4. The van der Waals surface area contributed by atoms with Crippen molar-refractivity contribution in [1.29, 1.82) is 0 Å². The highest BCUT2D eigenvalue weighted by molar-refractivity contribution is 7.95. The zero-order chi connectivity index (χ0) is 52.7. The van der Waals surface area contributed by atoms with Crippen molar-refractivity contribution in [2.24, 2.45) is 23.1 Å². The second kappa shape index (κ2) is 28.4. The largest absolute Gasteiger partial charge is 1.00 e. The van der Waals surface area contributed by atoms with Gasteiger partial charge in [0.05, 0.1) is 72.0 Å². The number of aliphatic hydroxyl groups excluding tert-OH is 3. The molecule has 0 fully saturated rings. The van der Waals surface area contributed by atoms with E-state index in [1.807, 2.05) is 0 Å². The molecule has 0 aliphatic heterocycles. The second-order valence-electron chi connectivity index (χ2n) is 16.8. The van der Waals surface area contributed by atoms with E-state index in [1.54, 1.807) is 10.8 Å². The molecule has 0 unspecified atom stereocenters. The number of hydrogen-bond donors (Lipinski definition) is 14. The fourth-order valence-corrected chi connectivity index (χ4v) is 8.95. The van der Waals surface area contributed by atoms with Crippen molar-refractivity contribution in [3.8, 4) is 10.7 Å². The Bertz CT molecular complexity index is 2480. The Morgan fingerprint density at radius 2 is 1.56 bits per heavy atom. The number of primary amides is 2. The second-order valence-corrected chi connectivity index (χ2v) is 21.0. The third-order valence-corrected chi connectivity index (χ3v) is 13.7. The number of aliphatic hydroxyl groups is 3. The maximum absolute atomic E-state index is 13.9. The lowest BCUT2D eigenvalue weighted by molar-refractivity contribution is -0.136. The van der Waals surface area contributed by atoms with Gasteiger partial charge in [0.25, 0.3) is 11.8 Å². The summed E-state index contributed by atoms with van der Waals surface area (Å²) in [5.41, 5.74) is 23.1. The highest BCUT2D eigenvalue weighted by Gasteiger charge is 2.37. The number of carbonyl (C=O) groups is 7. The molecular weight excluding hydrogens is 1020 g/mol. The maximum atomic E-state index is 13.9. The van der Waals surface area contributed by atoms with Crippen LogP contribution in [0.5, 0.6) is 0 Å². The summed E-state index contributed by atoms with van der Waals surface area (Å²) in [6.45, 7) is 5.80. The summed E-state index contributed by atoms with van der Waals surface area (Å²) < 4.78 is 0. The van der Waals surface area contributed by atoms with Gasteiger partial charge in [0.15, 0.2) is 0 Å². The van der Waals surface area contributed by atoms with E-state index in [4.69, 9.17) is 22.9 Å². The van der Waals surface area contributed by atoms with Gasteiger partial charge in [-0.1, -0.05) is 6.92 Å². The molecule has 4 rings (SSSR count). The minimum atomic E-state index is -1.81. The Kier molecular flexibility index (Phi) is 23.8. The van der Waals surface area contributed by atoms with E-state index < -0.39 is 96.3 Å². The number of aromatic nitrogens is 6. The summed E-state index contributed by atoms with van der Waals surface area (Å²) in [6.07, 6.45) is 2.70. The number of nitrogen functional groups attached to an aromatic ring is 1. The SMILES string of the molecule is Cc1c(N)nc([C@H](CC(N)=O)NC[C@H](N)C(N)=O)nc1C(=O)N[C@H](C(=O)N[C@H](C)[C@@H](O)[C@H](C)C(=O)N[C@H](C(=O)NCCc1nc(-c2nc(C(=O)NCCC[S+](C)C)cs2)cs1)[C@@H](C)O)[C@@H](O)c1cnc[nH]1.[Cl-]. The number of halogens is 1. The average Bonchev–Trinajstić information content (AvgIpc) is 4.13. The fourth-order valence-electron chi connectivity index (χ4n) is 6.61. The van der Waals surface area contributed by atoms with Crippen LogP contribution in [0, 0.1) is 12.8 Å². The van der Waals surface area contributed by atoms with Crippen molar-refractivity contribution < 1.29 is 61.3 Å². The standard InChI is InChI=1S/C42H62N16O10S3.ClH/c1-18-29(55-36(58-34(18)45)23(12-27(44)60)50-13-22(43)35(46)63)40(67)57-31(33(62)24-14-47-17-51-24)41(68)52-20(3)32(61)19(2)37(64)56-30(21(4)59)39(66)49-10-8-28-53-26(16-69-28)42-54-25(15-70-42)38(65)48-9-7-11-71(5)6;/h14-17,19-23,30-33,50,59,61-62H,7-13,43H2,1-6H3,(H11-,44,45,46,47,48,49,51,52,55,56,57,58,60,63,64,65,66,67,68);1H/t19-,20+,21+,22-,23-,30-,31-,32-,33-;/m0./s1. The van der Waals surface area contributed by atoms with E-state index >= 15 is 0 Å². The molecule has 30 heteroatoms. The molecule has 0 aliphatic rings. The third kappa shape index (κ3) is 17.4. The lowest BCUT2D eigenvalue weighted by atomic mass is 9.96. The molecule has 0 spiro atoms. The van der Waals surface area contributed by atoms with Crippen LogP contribution in [0.25, 0.3) is 10.7 Å². The van der Waals surface area contributed by atoms with Crippen LogP contribution in [0.4, 0.5) is 5.82 Å². The van der Waals surface area contributed by atoms with Gasteiger partial charge in [-0.25, -0.2) is 24.9 Å². The van der Waals surface area contributed by atoms with Gasteiger partial charge in [-0.3, -0.25) is 33.6 Å². The Morgan fingerprint density at radius 1 is 0.847 bits per heavy atom. The van der Waals surface area contributed by atoms with Gasteiger partial charge in [0.2, 0.25) is 29.5 Å². The zero-order valence-electron chi connectivity index (χ0n) is 40.3. The molecule has 0 aliphatic carbocycles. The molecule has 4 aromatic rings. The number of aromatic amines is 1. The number of anilines is 1. The van der Waals surface area contributed by atoms with Crippen LogP contribution in [0.1, 0.15) is 88.8 Å². The topological polar surface area (TPSA) is 437 Å². The van der Waals surface area contributed by atoms with Gasteiger partial charge in [-0.05, 0) is 31.7 Å². The van der Waals surface area contributed by atoms with Crippen molar-refractivity contribution in [2.45, 2.75) is 95.5 Å². The smallest absolute Gasteiger partial charge is 0.271 e. The predicted molar refractivity (Wildman–Crippen MR) is 265 cm³/mol. The normalized spacial score (nSPS) is 15.0. The quantitative estimate of drug-likeness (QED) is 0.0186. The molecule has 18 N–H and O–H groups in total. The maximum Gasteiger partial charge on any atom is 0.271 e. The molecule has 4 heterocycles. The lowest BCUT2D eigenvalue weighted by Crippen LogP contribution is -3.00. The van der Waals surface area contributed by atoms with Crippen LogP contribution < -0.4 is 67.2 Å². The highest BCUT2D eigenvalue weighted by atomic mass is 35.5. The van der Waals surface area contributed by atoms with E-state index in [-0.39, 0.29) is 60.0 Å². The lowest BCUT2D eigenvalue weighted by Gasteiger charge is -2.30. The Morgan fingerprint density at radius 3 is 2.18 bits per heavy atom. The van der Waals surface area contributed by atoms with Gasteiger partial charge in [-0.15, -0.1) is 22.7 Å². The fraction of sp³-hybridized carbons (Fsp3) is 0.524. The zero-order valence-corrected chi connectivity index (χ0v) is 43.5. The predicted octanol–water partition coefficient (Wildman–Crippen LogP) is -6.45. The monoisotopic (exact) mass is 1080 g/mol. The minimum absolute atomic E-state index is 0. The van der Waals surface area contributed by atoms with Crippen LogP contribution >= 0.6 is 22.7 Å². The summed E-state index contributed by atoms with van der Waals surface area (Å²) in [7, 11) is 0.295. The van der Waals surface area contributed by atoms with Crippen molar-refractivity contribution in [1.82, 2.24) is 61.8 Å². The van der Waals surface area contributed by atoms with Gasteiger partial charge in [0.1, 0.15) is 57.7 Å². The van der Waals surface area contributed by atoms with Crippen LogP contribution in [0.15, 0.2) is 23.3 Å². The number of rotatable bonds is 28. The number of carbonyl (C=O) groups excluding carboxylic acids is 7. The number of imidazole rings is 1. The van der Waals surface area contributed by atoms with Crippen LogP contribution in [-0.4, -0.2) is 161 Å². The summed E-state index contributed by atoms with van der Waals surface area (Å²) in [4.78, 5) is 115. The van der Waals surface area contributed by atoms with Crippen LogP contribution in [0.2, 0.25) is 0 Å². The Balaban J connectivity index is 0.0000137. The minimum Gasteiger partial charge on any atom is -1.00 e.